The number of carbonyl (C=O) groups excluding carboxylic acids is 1. The molecule has 23 heavy (non-hydrogen) atoms. The highest BCUT2D eigenvalue weighted by Gasteiger charge is 2.18. The molecule has 3 aromatic rings. The van der Waals surface area contributed by atoms with Crippen LogP contribution in [0.3, 0.4) is 0 Å². The van der Waals surface area contributed by atoms with Gasteiger partial charge in [-0.1, -0.05) is 35.5 Å². The number of hydrogen-bond acceptors (Lipinski definition) is 6. The zero-order valence-electron chi connectivity index (χ0n) is 12.7. The number of carbonyl (C=O) groups is 1. The fraction of sp³-hybridized carbons (Fsp3) is 0.188. The van der Waals surface area contributed by atoms with Gasteiger partial charge in [0.25, 0.3) is 0 Å². The minimum absolute atomic E-state index is 0.00716. The van der Waals surface area contributed by atoms with Crippen molar-refractivity contribution in [1.82, 2.24) is 14.9 Å². The summed E-state index contributed by atoms with van der Waals surface area (Å²) in [6, 6.07) is 11.3. The van der Waals surface area contributed by atoms with Crippen molar-refractivity contribution in [3.05, 3.63) is 53.9 Å². The van der Waals surface area contributed by atoms with Crippen molar-refractivity contribution < 1.29 is 18.8 Å². The second-order valence-corrected chi connectivity index (χ2v) is 4.85. The lowest BCUT2D eigenvalue weighted by atomic mass is 10.2. The van der Waals surface area contributed by atoms with Gasteiger partial charge in [-0.05, 0) is 0 Å². The summed E-state index contributed by atoms with van der Waals surface area (Å²) < 4.78 is 17.0. The van der Waals surface area contributed by atoms with Crippen LogP contribution >= 0.6 is 0 Å². The third kappa shape index (κ3) is 3.23. The number of benzene rings is 1. The van der Waals surface area contributed by atoms with Gasteiger partial charge in [-0.25, -0.2) is 4.79 Å². The molecule has 0 spiro atoms. The molecule has 0 unspecified atom stereocenters. The highest BCUT2D eigenvalue weighted by atomic mass is 16.5. The fourth-order valence-corrected chi connectivity index (χ4v) is 2.09. The Labute approximate surface area is 132 Å². The van der Waals surface area contributed by atoms with Gasteiger partial charge < -0.3 is 14.0 Å². The van der Waals surface area contributed by atoms with Crippen LogP contribution in [0, 0.1) is 0 Å². The third-order valence-electron chi connectivity index (χ3n) is 3.18. The molecule has 0 radical (unpaired) electrons. The summed E-state index contributed by atoms with van der Waals surface area (Å²) >= 11 is 0. The Kier molecular flexibility index (Phi) is 4.09. The fourth-order valence-electron chi connectivity index (χ4n) is 2.09. The molecule has 7 heteroatoms. The van der Waals surface area contributed by atoms with E-state index in [4.69, 9.17) is 14.0 Å². The first-order valence-electron chi connectivity index (χ1n) is 6.93. The van der Waals surface area contributed by atoms with Gasteiger partial charge in [-0.15, -0.1) is 5.10 Å². The van der Waals surface area contributed by atoms with Crippen LogP contribution in [-0.2, 0) is 18.4 Å². The number of hydrogen-bond donors (Lipinski definition) is 0. The van der Waals surface area contributed by atoms with Crippen molar-refractivity contribution in [3.8, 4) is 17.2 Å². The van der Waals surface area contributed by atoms with Crippen LogP contribution in [0.2, 0.25) is 0 Å². The number of rotatable bonds is 5. The molecule has 118 valence electrons. The van der Waals surface area contributed by atoms with Gasteiger partial charge in [-0.2, -0.15) is 0 Å². The van der Waals surface area contributed by atoms with Gasteiger partial charge in [0.2, 0.25) is 5.88 Å². The maximum Gasteiger partial charge on any atom is 0.345 e. The van der Waals surface area contributed by atoms with Crippen LogP contribution < -0.4 is 4.74 Å². The van der Waals surface area contributed by atoms with Crippen molar-refractivity contribution in [2.45, 2.75) is 6.61 Å². The molecule has 2 heterocycles. The van der Waals surface area contributed by atoms with Crippen LogP contribution in [-0.4, -0.2) is 28.0 Å². The highest BCUT2D eigenvalue weighted by molar-refractivity contribution is 5.91. The molecule has 0 aliphatic carbocycles. The van der Waals surface area contributed by atoms with E-state index in [0.717, 1.165) is 5.56 Å². The van der Waals surface area contributed by atoms with Crippen molar-refractivity contribution in [2.24, 2.45) is 7.05 Å². The maximum absolute atomic E-state index is 12.1. The first-order valence-corrected chi connectivity index (χ1v) is 6.93. The molecule has 0 aliphatic heterocycles. The molecule has 0 saturated carbocycles. The maximum atomic E-state index is 12.1. The Hall–Kier alpha value is -3.09. The standard InChI is InChI=1S/C16H15N3O4/c1-19-9-13(15(17-19)21-2)16(20)22-10-12-8-14(23-18-12)11-6-4-3-5-7-11/h3-9H,10H2,1-2H3. The van der Waals surface area contributed by atoms with E-state index in [1.165, 1.54) is 11.8 Å². The lowest BCUT2D eigenvalue weighted by molar-refractivity contribution is 0.0460. The Morgan fingerprint density at radius 3 is 2.83 bits per heavy atom. The van der Waals surface area contributed by atoms with E-state index in [-0.39, 0.29) is 18.1 Å². The molecular formula is C16H15N3O4. The van der Waals surface area contributed by atoms with Crippen molar-refractivity contribution in [2.75, 3.05) is 7.11 Å². The molecular weight excluding hydrogens is 298 g/mol. The number of nitrogens with zero attached hydrogens (tertiary/aromatic N) is 3. The summed E-state index contributed by atoms with van der Waals surface area (Å²) in [5.74, 6) is 0.317. The Bertz CT molecular complexity index is 808. The van der Waals surface area contributed by atoms with E-state index in [1.807, 2.05) is 30.3 Å². The van der Waals surface area contributed by atoms with Gasteiger partial charge in [-0.3, -0.25) is 4.68 Å². The summed E-state index contributed by atoms with van der Waals surface area (Å²) in [7, 11) is 3.14. The number of aromatic nitrogens is 3. The van der Waals surface area contributed by atoms with Crippen LogP contribution in [0.5, 0.6) is 5.88 Å². The third-order valence-corrected chi connectivity index (χ3v) is 3.18. The molecule has 0 N–H and O–H groups in total. The molecule has 0 fully saturated rings. The van der Waals surface area contributed by atoms with Crippen molar-refractivity contribution in [3.63, 3.8) is 0 Å². The predicted octanol–water partition coefficient (Wildman–Crippen LogP) is 2.44. The second kappa shape index (κ2) is 6.35. The average molecular weight is 313 g/mol. The molecule has 7 nitrogen and oxygen atoms in total. The summed E-state index contributed by atoms with van der Waals surface area (Å²) in [6.45, 7) is 0.00716. The van der Waals surface area contributed by atoms with Crippen LogP contribution in [0.15, 0.2) is 47.1 Å². The van der Waals surface area contributed by atoms with Crippen LogP contribution in [0.1, 0.15) is 16.1 Å². The van der Waals surface area contributed by atoms with Crippen LogP contribution in [0.4, 0.5) is 0 Å². The number of aryl methyl sites for hydroxylation is 1. The number of ether oxygens (including phenoxy) is 2. The van der Waals surface area contributed by atoms with Crippen molar-refractivity contribution in [1.29, 1.82) is 0 Å². The lowest BCUT2D eigenvalue weighted by Gasteiger charge is -2.01. The molecule has 1 aromatic carbocycles. The highest BCUT2D eigenvalue weighted by Crippen LogP contribution is 2.21. The largest absolute Gasteiger partial charge is 0.479 e. The van der Waals surface area contributed by atoms with E-state index >= 15 is 0 Å². The summed E-state index contributed by atoms with van der Waals surface area (Å²) in [5, 5.41) is 7.91. The number of methoxy groups -OCH3 is 1. The first kappa shape index (κ1) is 14.8. The molecule has 2 aromatic heterocycles. The second-order valence-electron chi connectivity index (χ2n) is 4.85. The van der Waals surface area contributed by atoms with Crippen LogP contribution in [0.25, 0.3) is 11.3 Å². The number of esters is 1. The van der Waals surface area contributed by atoms with Gasteiger partial charge in [0.15, 0.2) is 5.76 Å². The average Bonchev–Trinajstić information content (AvgIpc) is 3.20. The Morgan fingerprint density at radius 1 is 1.30 bits per heavy atom. The normalized spacial score (nSPS) is 10.5. The van der Waals surface area contributed by atoms with E-state index in [1.54, 1.807) is 19.3 Å². The molecule has 0 bridgehead atoms. The summed E-state index contributed by atoms with van der Waals surface area (Å²) in [5.41, 5.74) is 1.70. The molecule has 0 atom stereocenters. The van der Waals surface area contributed by atoms with E-state index in [2.05, 4.69) is 10.3 Å². The molecule has 0 aliphatic rings. The van der Waals surface area contributed by atoms with Gasteiger partial charge >= 0.3 is 5.97 Å². The zero-order chi connectivity index (χ0) is 16.2. The summed E-state index contributed by atoms with van der Waals surface area (Å²) in [6.07, 6.45) is 1.54. The molecule has 0 amide bonds. The molecule has 3 rings (SSSR count). The van der Waals surface area contributed by atoms with E-state index < -0.39 is 5.97 Å². The van der Waals surface area contributed by atoms with Gasteiger partial charge in [0, 0.05) is 24.9 Å². The minimum atomic E-state index is -0.529. The Balaban J connectivity index is 1.67. The topological polar surface area (TPSA) is 79.4 Å². The Morgan fingerprint density at radius 2 is 2.09 bits per heavy atom. The SMILES string of the molecule is COc1nn(C)cc1C(=O)OCc1cc(-c2ccccc2)on1. The van der Waals surface area contributed by atoms with E-state index in [0.29, 0.717) is 11.5 Å². The monoisotopic (exact) mass is 313 g/mol. The minimum Gasteiger partial charge on any atom is -0.479 e. The smallest absolute Gasteiger partial charge is 0.345 e. The van der Waals surface area contributed by atoms with E-state index in [9.17, 15) is 4.79 Å². The van der Waals surface area contributed by atoms with Gasteiger partial charge in [0.05, 0.1) is 7.11 Å². The predicted molar refractivity (Wildman–Crippen MR) is 80.8 cm³/mol. The van der Waals surface area contributed by atoms with Gasteiger partial charge in [0.1, 0.15) is 17.9 Å². The van der Waals surface area contributed by atoms with Crippen molar-refractivity contribution >= 4 is 5.97 Å². The zero-order valence-corrected chi connectivity index (χ0v) is 12.7. The quantitative estimate of drug-likeness (QED) is 0.673. The molecule has 0 saturated heterocycles. The first-order chi connectivity index (χ1) is 11.2. The summed E-state index contributed by atoms with van der Waals surface area (Å²) in [4.78, 5) is 12.1. The lowest BCUT2D eigenvalue weighted by Crippen LogP contribution is -2.06.